The third-order valence-corrected chi connectivity index (χ3v) is 3.74. The highest BCUT2D eigenvalue weighted by Crippen LogP contribution is 2.18. The predicted molar refractivity (Wildman–Crippen MR) is 62.7 cm³/mol. The molecule has 1 aliphatic rings. The van der Waals surface area contributed by atoms with Gasteiger partial charge in [-0.25, -0.2) is 9.78 Å². The molecule has 0 bridgehead atoms. The number of hydrogen-bond donors (Lipinski definition) is 1. The largest absolute Gasteiger partial charge is 0.476 e. The molecule has 0 aliphatic carbocycles. The van der Waals surface area contributed by atoms with Gasteiger partial charge in [-0.1, -0.05) is 6.92 Å². The van der Waals surface area contributed by atoms with Crippen LogP contribution in [0.3, 0.4) is 0 Å². The molecule has 1 N–H and O–H groups in total. The molecule has 4 nitrogen and oxygen atoms in total. The quantitative estimate of drug-likeness (QED) is 0.878. The fourth-order valence-corrected chi connectivity index (χ4v) is 2.78. The number of carbonyl (C=O) groups is 1. The van der Waals surface area contributed by atoms with Gasteiger partial charge >= 0.3 is 5.97 Å². The number of likely N-dealkylation sites (tertiary alicyclic amines) is 1. The average molecular weight is 240 g/mol. The third-order valence-electron chi connectivity index (χ3n) is 2.86. The Bertz CT molecular complexity index is 378. The van der Waals surface area contributed by atoms with Crippen LogP contribution in [0.2, 0.25) is 0 Å². The van der Waals surface area contributed by atoms with E-state index in [9.17, 15) is 4.79 Å². The molecule has 0 amide bonds. The van der Waals surface area contributed by atoms with Crippen LogP contribution >= 0.6 is 11.3 Å². The zero-order chi connectivity index (χ0) is 11.5. The van der Waals surface area contributed by atoms with E-state index in [0.29, 0.717) is 0 Å². The van der Waals surface area contributed by atoms with Crippen LogP contribution < -0.4 is 0 Å². The molecule has 88 valence electrons. The zero-order valence-electron chi connectivity index (χ0n) is 9.35. The van der Waals surface area contributed by atoms with Crippen LogP contribution in [0.4, 0.5) is 0 Å². The molecule has 0 spiro atoms. The molecular weight excluding hydrogens is 224 g/mol. The lowest BCUT2D eigenvalue weighted by atomic mass is 10.0. The van der Waals surface area contributed by atoms with Crippen LogP contribution in [0.15, 0.2) is 5.38 Å². The number of carboxylic acid groups (broad SMARTS) is 1. The van der Waals surface area contributed by atoms with Gasteiger partial charge in [-0.05, 0) is 25.3 Å². The number of rotatable bonds is 3. The first-order valence-electron chi connectivity index (χ1n) is 5.55. The molecule has 1 saturated heterocycles. The van der Waals surface area contributed by atoms with E-state index in [4.69, 9.17) is 5.11 Å². The second kappa shape index (κ2) is 4.93. The minimum absolute atomic E-state index is 0.194. The van der Waals surface area contributed by atoms with E-state index in [-0.39, 0.29) is 5.01 Å². The van der Waals surface area contributed by atoms with Crippen molar-refractivity contribution in [3.8, 4) is 0 Å². The maximum Gasteiger partial charge on any atom is 0.365 e. The summed E-state index contributed by atoms with van der Waals surface area (Å²) in [5, 5.41) is 10.8. The van der Waals surface area contributed by atoms with Crippen LogP contribution in [0, 0.1) is 5.92 Å². The first-order valence-corrected chi connectivity index (χ1v) is 6.43. The van der Waals surface area contributed by atoms with Crippen LogP contribution in [-0.4, -0.2) is 34.0 Å². The number of piperidine rings is 1. The van der Waals surface area contributed by atoms with Crippen LogP contribution in [0.1, 0.15) is 35.3 Å². The first-order chi connectivity index (χ1) is 7.65. The van der Waals surface area contributed by atoms with Gasteiger partial charge < -0.3 is 5.11 Å². The van der Waals surface area contributed by atoms with Crippen molar-refractivity contribution in [2.45, 2.75) is 26.3 Å². The Hall–Kier alpha value is -0.940. The normalized spacial score (nSPS) is 22.2. The zero-order valence-corrected chi connectivity index (χ0v) is 10.2. The molecular formula is C11H16N2O2S. The summed E-state index contributed by atoms with van der Waals surface area (Å²) in [4.78, 5) is 17.2. The molecule has 16 heavy (non-hydrogen) atoms. The van der Waals surface area contributed by atoms with Crippen molar-refractivity contribution in [2.75, 3.05) is 13.1 Å². The van der Waals surface area contributed by atoms with Gasteiger partial charge in [0.1, 0.15) is 0 Å². The van der Waals surface area contributed by atoms with E-state index in [1.54, 1.807) is 0 Å². The van der Waals surface area contributed by atoms with Crippen molar-refractivity contribution in [2.24, 2.45) is 5.92 Å². The molecule has 1 aromatic rings. The number of hydrogen-bond acceptors (Lipinski definition) is 4. The molecule has 1 unspecified atom stereocenters. The summed E-state index contributed by atoms with van der Waals surface area (Å²) in [6, 6.07) is 0. The number of nitrogens with zero attached hydrogens (tertiary/aromatic N) is 2. The first kappa shape index (κ1) is 11.5. The summed E-state index contributed by atoms with van der Waals surface area (Å²) in [6.45, 7) is 5.24. The Labute approximate surface area is 98.9 Å². The number of aromatic nitrogens is 1. The predicted octanol–water partition coefficient (Wildman–Crippen LogP) is 2.07. The topological polar surface area (TPSA) is 53.4 Å². The monoisotopic (exact) mass is 240 g/mol. The Morgan fingerprint density at radius 2 is 2.56 bits per heavy atom. The van der Waals surface area contributed by atoms with E-state index in [2.05, 4.69) is 16.8 Å². The van der Waals surface area contributed by atoms with Gasteiger partial charge in [0.25, 0.3) is 0 Å². The molecule has 5 heteroatoms. The molecule has 1 fully saturated rings. The Balaban J connectivity index is 1.95. The van der Waals surface area contributed by atoms with Gasteiger partial charge in [0, 0.05) is 18.5 Å². The summed E-state index contributed by atoms with van der Waals surface area (Å²) in [6.07, 6.45) is 2.53. The van der Waals surface area contributed by atoms with E-state index in [1.807, 2.05) is 5.38 Å². The third kappa shape index (κ3) is 2.80. The molecule has 1 atom stereocenters. The van der Waals surface area contributed by atoms with Crippen LogP contribution in [0.5, 0.6) is 0 Å². The highest BCUT2D eigenvalue weighted by Gasteiger charge is 2.18. The minimum atomic E-state index is -0.928. The van der Waals surface area contributed by atoms with Crippen molar-refractivity contribution in [1.29, 1.82) is 0 Å². The fraction of sp³-hybridized carbons (Fsp3) is 0.636. The fourth-order valence-electron chi connectivity index (χ4n) is 2.14. The molecule has 2 heterocycles. The van der Waals surface area contributed by atoms with Gasteiger partial charge in [-0.3, -0.25) is 4.90 Å². The van der Waals surface area contributed by atoms with Gasteiger partial charge in [0.2, 0.25) is 5.01 Å². The molecule has 0 aromatic carbocycles. The van der Waals surface area contributed by atoms with Crippen molar-refractivity contribution in [3.63, 3.8) is 0 Å². The van der Waals surface area contributed by atoms with Crippen molar-refractivity contribution < 1.29 is 9.90 Å². The number of thiazole rings is 1. The molecule has 0 radical (unpaired) electrons. The van der Waals surface area contributed by atoms with Gasteiger partial charge in [-0.2, -0.15) is 0 Å². The summed E-state index contributed by atoms with van der Waals surface area (Å²) in [7, 11) is 0. The minimum Gasteiger partial charge on any atom is -0.476 e. The number of aromatic carboxylic acids is 1. The van der Waals surface area contributed by atoms with Gasteiger partial charge in [0.05, 0.1) is 5.69 Å². The second-order valence-corrected chi connectivity index (χ2v) is 5.29. The summed E-state index contributed by atoms with van der Waals surface area (Å²) < 4.78 is 0. The van der Waals surface area contributed by atoms with Crippen molar-refractivity contribution >= 4 is 17.3 Å². The van der Waals surface area contributed by atoms with Crippen LogP contribution in [0.25, 0.3) is 0 Å². The summed E-state index contributed by atoms with van der Waals surface area (Å²) in [5.74, 6) is -0.186. The molecule has 2 rings (SSSR count). The Morgan fingerprint density at radius 3 is 3.19 bits per heavy atom. The van der Waals surface area contributed by atoms with E-state index >= 15 is 0 Å². The summed E-state index contributed by atoms with van der Waals surface area (Å²) in [5.41, 5.74) is 0.886. The van der Waals surface area contributed by atoms with Crippen molar-refractivity contribution in [3.05, 3.63) is 16.1 Å². The van der Waals surface area contributed by atoms with Crippen LogP contribution in [-0.2, 0) is 6.54 Å². The lowest BCUT2D eigenvalue weighted by Crippen LogP contribution is -2.33. The standard InChI is InChI=1S/C11H16N2O2S/c1-8-3-2-4-13(5-8)6-9-7-16-10(12-9)11(14)15/h7-8H,2-6H2,1H3,(H,14,15). The number of carboxylic acids is 1. The van der Waals surface area contributed by atoms with E-state index in [0.717, 1.165) is 31.2 Å². The maximum atomic E-state index is 10.7. The lowest BCUT2D eigenvalue weighted by molar-refractivity contribution is 0.0696. The highest BCUT2D eigenvalue weighted by atomic mass is 32.1. The SMILES string of the molecule is CC1CCCN(Cc2csc(C(=O)O)n2)C1. The summed E-state index contributed by atoms with van der Waals surface area (Å²) >= 11 is 1.21. The smallest absolute Gasteiger partial charge is 0.365 e. The molecule has 1 aromatic heterocycles. The van der Waals surface area contributed by atoms with E-state index in [1.165, 1.54) is 24.2 Å². The lowest BCUT2D eigenvalue weighted by Gasteiger charge is -2.30. The molecule has 0 saturated carbocycles. The highest BCUT2D eigenvalue weighted by molar-refractivity contribution is 7.11. The second-order valence-electron chi connectivity index (χ2n) is 4.43. The van der Waals surface area contributed by atoms with Crippen molar-refractivity contribution in [1.82, 2.24) is 9.88 Å². The van der Waals surface area contributed by atoms with Gasteiger partial charge in [0.15, 0.2) is 0 Å². The van der Waals surface area contributed by atoms with Gasteiger partial charge in [-0.15, -0.1) is 11.3 Å². The average Bonchev–Trinajstić information content (AvgIpc) is 2.66. The Kier molecular flexibility index (Phi) is 3.56. The van der Waals surface area contributed by atoms with E-state index < -0.39 is 5.97 Å². The molecule has 1 aliphatic heterocycles. The Morgan fingerprint density at radius 1 is 1.75 bits per heavy atom. The maximum absolute atomic E-state index is 10.7.